The molecule has 1 aromatic carbocycles. The number of hydrogen-bond donors (Lipinski definition) is 1. The maximum Gasteiger partial charge on any atom is 0.222 e. The number of fused-ring (bicyclic) bond motifs is 3. The summed E-state index contributed by atoms with van der Waals surface area (Å²) in [7, 11) is 0. The van der Waals surface area contributed by atoms with Gasteiger partial charge >= 0.3 is 0 Å². The lowest BCUT2D eigenvalue weighted by Gasteiger charge is -2.28. The van der Waals surface area contributed by atoms with Crippen LogP contribution in [0.4, 0.5) is 14.6 Å². The Kier molecular flexibility index (Phi) is 2.67. The molecule has 1 aliphatic rings. The molecular weight excluding hydrogens is 280 g/mol. The highest BCUT2D eigenvalue weighted by Crippen LogP contribution is 2.24. The summed E-state index contributed by atoms with van der Waals surface area (Å²) in [6.45, 7) is 3.16. The van der Waals surface area contributed by atoms with Crippen LogP contribution in [0.2, 0.25) is 0 Å². The zero-order valence-corrected chi connectivity index (χ0v) is 10.9. The number of aromatic nitrogens is 5. The van der Waals surface area contributed by atoms with E-state index in [0.717, 1.165) is 38.3 Å². The van der Waals surface area contributed by atoms with Crippen molar-refractivity contribution in [3.8, 4) is 0 Å². The summed E-state index contributed by atoms with van der Waals surface area (Å²) in [4.78, 5) is 6.46. The SMILES string of the molecule is Fc1cc2nc(N3CCNCC3)c3nnnn3c2cc1F. The van der Waals surface area contributed by atoms with E-state index in [4.69, 9.17) is 0 Å². The Hall–Kier alpha value is -2.42. The van der Waals surface area contributed by atoms with Gasteiger partial charge in [-0.2, -0.15) is 4.52 Å². The fourth-order valence-corrected chi connectivity index (χ4v) is 2.53. The summed E-state index contributed by atoms with van der Waals surface area (Å²) < 4.78 is 28.3. The molecule has 1 fully saturated rings. The number of hydrogen-bond acceptors (Lipinski definition) is 6. The second kappa shape index (κ2) is 4.55. The summed E-state index contributed by atoms with van der Waals surface area (Å²) in [5.74, 6) is -1.30. The molecule has 0 bridgehead atoms. The lowest BCUT2D eigenvalue weighted by molar-refractivity contribution is 0.510. The molecular formula is C12H11F2N7. The van der Waals surface area contributed by atoms with E-state index < -0.39 is 11.6 Å². The molecule has 2 aromatic heterocycles. The normalized spacial score (nSPS) is 16.0. The van der Waals surface area contributed by atoms with Gasteiger partial charge in [0.2, 0.25) is 5.65 Å². The van der Waals surface area contributed by atoms with Crippen molar-refractivity contribution in [3.05, 3.63) is 23.8 Å². The molecule has 0 aliphatic carbocycles. The first-order valence-electron chi connectivity index (χ1n) is 6.56. The van der Waals surface area contributed by atoms with Crippen LogP contribution < -0.4 is 10.2 Å². The van der Waals surface area contributed by atoms with Gasteiger partial charge in [0.05, 0.1) is 11.0 Å². The second-order valence-electron chi connectivity index (χ2n) is 4.84. The van der Waals surface area contributed by atoms with E-state index in [9.17, 15) is 8.78 Å². The van der Waals surface area contributed by atoms with Crippen LogP contribution in [0, 0.1) is 11.6 Å². The van der Waals surface area contributed by atoms with Gasteiger partial charge in [-0.25, -0.2) is 13.8 Å². The molecule has 3 heterocycles. The van der Waals surface area contributed by atoms with Crippen LogP contribution >= 0.6 is 0 Å². The van der Waals surface area contributed by atoms with Crippen LogP contribution in [0.5, 0.6) is 0 Å². The van der Waals surface area contributed by atoms with E-state index in [1.54, 1.807) is 0 Å². The topological polar surface area (TPSA) is 71.2 Å². The maximum atomic E-state index is 13.4. The van der Waals surface area contributed by atoms with E-state index in [0.29, 0.717) is 22.5 Å². The molecule has 7 nitrogen and oxygen atoms in total. The van der Waals surface area contributed by atoms with E-state index in [1.165, 1.54) is 4.52 Å². The molecule has 21 heavy (non-hydrogen) atoms. The summed E-state index contributed by atoms with van der Waals surface area (Å²) in [6, 6.07) is 2.13. The van der Waals surface area contributed by atoms with Crippen LogP contribution in [0.25, 0.3) is 16.7 Å². The standard InChI is InChI=1S/C12H11F2N7/c13-7-5-9-10(6-8(7)14)21-12(17-18-19-21)11(16-9)20-3-1-15-2-4-20/h5-6,15H,1-4H2. The minimum Gasteiger partial charge on any atom is -0.351 e. The van der Waals surface area contributed by atoms with Gasteiger partial charge in [-0.1, -0.05) is 0 Å². The van der Waals surface area contributed by atoms with Crippen LogP contribution in [0.15, 0.2) is 12.1 Å². The van der Waals surface area contributed by atoms with Crippen LogP contribution in [0.3, 0.4) is 0 Å². The average molecular weight is 291 g/mol. The Morgan fingerprint density at radius 1 is 1.10 bits per heavy atom. The molecule has 108 valence electrons. The molecule has 0 unspecified atom stereocenters. The smallest absolute Gasteiger partial charge is 0.222 e. The zero-order chi connectivity index (χ0) is 14.4. The molecule has 1 N–H and O–H groups in total. The largest absolute Gasteiger partial charge is 0.351 e. The molecule has 4 rings (SSSR count). The van der Waals surface area contributed by atoms with Crippen molar-refractivity contribution in [2.75, 3.05) is 31.1 Å². The molecule has 0 atom stereocenters. The molecule has 1 saturated heterocycles. The fourth-order valence-electron chi connectivity index (χ4n) is 2.53. The highest BCUT2D eigenvalue weighted by atomic mass is 19.2. The highest BCUT2D eigenvalue weighted by molar-refractivity contribution is 5.82. The van der Waals surface area contributed by atoms with Crippen LogP contribution in [0.1, 0.15) is 0 Å². The van der Waals surface area contributed by atoms with Gasteiger partial charge in [-0.15, -0.1) is 5.10 Å². The van der Waals surface area contributed by atoms with Gasteiger partial charge in [-0.05, 0) is 10.4 Å². The predicted molar refractivity (Wildman–Crippen MR) is 71.1 cm³/mol. The van der Waals surface area contributed by atoms with Gasteiger partial charge in [0.1, 0.15) is 0 Å². The number of rotatable bonds is 1. The first-order valence-corrected chi connectivity index (χ1v) is 6.56. The third-order valence-electron chi connectivity index (χ3n) is 3.56. The summed E-state index contributed by atoms with van der Waals surface area (Å²) in [5.41, 5.74) is 1.10. The highest BCUT2D eigenvalue weighted by Gasteiger charge is 2.20. The van der Waals surface area contributed by atoms with Crippen molar-refractivity contribution < 1.29 is 8.78 Å². The third kappa shape index (κ3) is 1.88. The Labute approximate surface area is 117 Å². The summed E-state index contributed by atoms with van der Waals surface area (Å²) in [6.07, 6.45) is 0. The monoisotopic (exact) mass is 291 g/mol. The van der Waals surface area contributed by atoms with E-state index in [-0.39, 0.29) is 0 Å². The summed E-state index contributed by atoms with van der Waals surface area (Å²) in [5, 5.41) is 14.7. The van der Waals surface area contributed by atoms with Gasteiger partial charge in [0.15, 0.2) is 17.5 Å². The predicted octanol–water partition coefficient (Wildman–Crippen LogP) is 0.360. The molecule has 3 aromatic rings. The van der Waals surface area contributed by atoms with Gasteiger partial charge in [0, 0.05) is 38.3 Å². The molecule has 1 aliphatic heterocycles. The van der Waals surface area contributed by atoms with Gasteiger partial charge in [0.25, 0.3) is 0 Å². The minimum absolute atomic E-state index is 0.322. The van der Waals surface area contributed by atoms with Crippen molar-refractivity contribution >= 4 is 22.5 Å². The summed E-state index contributed by atoms with van der Waals surface area (Å²) >= 11 is 0. The number of tetrazole rings is 1. The van der Waals surface area contributed by atoms with E-state index in [2.05, 4.69) is 25.8 Å². The Bertz CT molecular complexity index is 825. The Balaban J connectivity index is 2.00. The van der Waals surface area contributed by atoms with Crippen molar-refractivity contribution in [1.82, 2.24) is 30.3 Å². The third-order valence-corrected chi connectivity index (χ3v) is 3.56. The second-order valence-corrected chi connectivity index (χ2v) is 4.84. The molecule has 0 radical (unpaired) electrons. The maximum absolute atomic E-state index is 13.4. The molecule has 0 saturated carbocycles. The van der Waals surface area contributed by atoms with Crippen molar-refractivity contribution in [2.45, 2.75) is 0 Å². The lowest BCUT2D eigenvalue weighted by atomic mass is 10.2. The number of piperazine rings is 1. The fraction of sp³-hybridized carbons (Fsp3) is 0.333. The number of nitrogens with one attached hydrogen (secondary N) is 1. The molecule has 0 spiro atoms. The van der Waals surface area contributed by atoms with Crippen LogP contribution in [-0.2, 0) is 0 Å². The lowest BCUT2D eigenvalue weighted by Crippen LogP contribution is -2.44. The van der Waals surface area contributed by atoms with Gasteiger partial charge in [-0.3, -0.25) is 0 Å². The van der Waals surface area contributed by atoms with E-state index >= 15 is 0 Å². The Morgan fingerprint density at radius 2 is 1.86 bits per heavy atom. The van der Waals surface area contributed by atoms with E-state index in [1.807, 2.05) is 4.90 Å². The van der Waals surface area contributed by atoms with Crippen LogP contribution in [-0.4, -0.2) is 51.2 Å². The van der Waals surface area contributed by atoms with Crippen molar-refractivity contribution in [1.29, 1.82) is 0 Å². The van der Waals surface area contributed by atoms with Gasteiger partial charge < -0.3 is 10.2 Å². The quantitative estimate of drug-likeness (QED) is 0.698. The number of halogens is 2. The minimum atomic E-state index is -0.948. The zero-order valence-electron chi connectivity index (χ0n) is 10.9. The first kappa shape index (κ1) is 12.3. The molecule has 9 heteroatoms. The molecule has 0 amide bonds. The average Bonchev–Trinajstić information content (AvgIpc) is 2.99. The number of benzene rings is 1. The number of nitrogens with zero attached hydrogens (tertiary/aromatic N) is 6. The van der Waals surface area contributed by atoms with Crippen molar-refractivity contribution in [2.24, 2.45) is 0 Å². The van der Waals surface area contributed by atoms with Crippen molar-refractivity contribution in [3.63, 3.8) is 0 Å². The first-order chi connectivity index (χ1) is 10.2. The number of anilines is 1. The Morgan fingerprint density at radius 3 is 2.67 bits per heavy atom.